The van der Waals surface area contributed by atoms with E-state index in [1.165, 1.54) is 7.11 Å². The minimum Gasteiger partial charge on any atom is -0.493 e. The third-order valence-electron chi connectivity index (χ3n) is 4.65. The normalized spacial score (nSPS) is 11.5. The van der Waals surface area contributed by atoms with Gasteiger partial charge in [-0.15, -0.1) is 0 Å². The fraction of sp³-hybridized carbons (Fsp3) is 0.444. The van der Waals surface area contributed by atoms with E-state index in [1.54, 1.807) is 24.3 Å². The summed E-state index contributed by atoms with van der Waals surface area (Å²) in [6, 6.07) is 6.82. The van der Waals surface area contributed by atoms with E-state index in [-0.39, 0.29) is 5.56 Å². The summed E-state index contributed by atoms with van der Waals surface area (Å²) in [5.41, 5.74) is -0.298. The first-order chi connectivity index (χ1) is 11.4. The number of hydrogen-bond donors (Lipinski definition) is 1. The van der Waals surface area contributed by atoms with Crippen LogP contribution in [0.25, 0.3) is 11.0 Å². The predicted octanol–water partition coefficient (Wildman–Crippen LogP) is 2.02. The molecule has 0 bridgehead atoms. The number of carbonyl (C=O) groups excluding carboxylic acids is 1. The Morgan fingerprint density at radius 1 is 1.29 bits per heavy atom. The van der Waals surface area contributed by atoms with E-state index in [0.29, 0.717) is 23.3 Å². The maximum Gasteiger partial charge on any atom is 0.349 e. The zero-order chi connectivity index (χ0) is 17.7. The van der Waals surface area contributed by atoms with E-state index in [9.17, 15) is 9.59 Å². The van der Waals surface area contributed by atoms with Crippen LogP contribution >= 0.6 is 0 Å². The van der Waals surface area contributed by atoms with E-state index in [4.69, 9.17) is 9.15 Å². The average Bonchev–Trinajstić information content (AvgIpc) is 2.60. The molecule has 0 unspecified atom stereocenters. The molecule has 0 spiro atoms. The van der Waals surface area contributed by atoms with E-state index in [2.05, 4.69) is 26.2 Å². The van der Waals surface area contributed by atoms with Gasteiger partial charge in [0.05, 0.1) is 40.3 Å². The van der Waals surface area contributed by atoms with Crippen molar-refractivity contribution in [1.82, 2.24) is 5.32 Å². The molecule has 2 rings (SSSR count). The molecule has 0 aliphatic carbocycles. The minimum atomic E-state index is -0.660. The first kappa shape index (κ1) is 18.0. The molecule has 1 N–H and O–H groups in total. The predicted molar refractivity (Wildman–Crippen MR) is 93.5 cm³/mol. The van der Waals surface area contributed by atoms with Gasteiger partial charge in [-0.3, -0.25) is 4.79 Å². The van der Waals surface area contributed by atoms with Gasteiger partial charge in [0.2, 0.25) is 0 Å². The molecule has 6 nitrogen and oxygen atoms in total. The highest BCUT2D eigenvalue weighted by atomic mass is 16.5. The van der Waals surface area contributed by atoms with Gasteiger partial charge in [-0.1, -0.05) is 12.1 Å². The molecule has 0 fully saturated rings. The van der Waals surface area contributed by atoms with Crippen molar-refractivity contribution in [2.24, 2.45) is 0 Å². The number of benzene rings is 1. The van der Waals surface area contributed by atoms with E-state index >= 15 is 0 Å². The van der Waals surface area contributed by atoms with Crippen LogP contribution in [0.15, 0.2) is 33.5 Å². The van der Waals surface area contributed by atoms with Crippen LogP contribution in [0.1, 0.15) is 24.2 Å². The van der Waals surface area contributed by atoms with E-state index in [0.717, 1.165) is 24.1 Å². The number of rotatable bonds is 7. The first-order valence-corrected chi connectivity index (χ1v) is 8.16. The Morgan fingerprint density at radius 2 is 2.00 bits per heavy atom. The number of amides is 1. The molecule has 1 aromatic carbocycles. The molecule has 0 saturated heterocycles. The summed E-state index contributed by atoms with van der Waals surface area (Å²) in [5.74, 6) is 0.0581. The van der Waals surface area contributed by atoms with Gasteiger partial charge in [-0.2, -0.15) is 0 Å². The van der Waals surface area contributed by atoms with Crippen LogP contribution in [0.4, 0.5) is 0 Å². The average molecular weight is 333 g/mol. The van der Waals surface area contributed by atoms with Crippen molar-refractivity contribution in [2.75, 3.05) is 40.3 Å². The smallest absolute Gasteiger partial charge is 0.349 e. The second-order valence-electron chi connectivity index (χ2n) is 6.06. The Kier molecular flexibility index (Phi) is 5.62. The van der Waals surface area contributed by atoms with Crippen LogP contribution in [0.5, 0.6) is 5.75 Å². The molecule has 1 aromatic heterocycles. The Bertz CT molecular complexity index is 778. The van der Waals surface area contributed by atoms with Crippen LogP contribution in [-0.2, 0) is 0 Å². The van der Waals surface area contributed by atoms with Crippen molar-refractivity contribution in [2.45, 2.75) is 13.8 Å². The number of nitrogens with one attached hydrogen (secondary N) is 1. The quantitative estimate of drug-likeness (QED) is 0.622. The SMILES string of the molecule is CC[N+](C)(CC)CCNC(=O)c1cc2cccc(OC)c2oc1=O. The summed E-state index contributed by atoms with van der Waals surface area (Å²) in [5, 5.41) is 3.47. The lowest BCUT2D eigenvalue weighted by molar-refractivity contribution is -0.904. The molecule has 2 aromatic rings. The molecule has 0 radical (unpaired) electrons. The molecule has 0 aliphatic heterocycles. The van der Waals surface area contributed by atoms with Gasteiger partial charge in [0.15, 0.2) is 11.3 Å². The van der Waals surface area contributed by atoms with E-state index in [1.807, 2.05) is 0 Å². The van der Waals surface area contributed by atoms with Crippen LogP contribution in [0.3, 0.4) is 0 Å². The van der Waals surface area contributed by atoms with Crippen LogP contribution in [0.2, 0.25) is 0 Å². The summed E-state index contributed by atoms with van der Waals surface area (Å²) >= 11 is 0. The standard InChI is InChI=1S/C18H24N2O4/c1-5-20(3,6-2)11-10-19-17(21)14-12-13-8-7-9-15(23-4)16(13)24-18(14)22/h7-9,12H,5-6,10-11H2,1-4H3/p+1. The van der Waals surface area contributed by atoms with Gasteiger partial charge in [0.25, 0.3) is 5.91 Å². The fourth-order valence-electron chi connectivity index (χ4n) is 2.51. The fourth-order valence-corrected chi connectivity index (χ4v) is 2.51. The summed E-state index contributed by atoms with van der Waals surface area (Å²) in [7, 11) is 3.65. The molecule has 6 heteroatoms. The third kappa shape index (κ3) is 3.76. The number of quaternary nitrogens is 1. The lowest BCUT2D eigenvalue weighted by Gasteiger charge is -2.32. The van der Waals surface area contributed by atoms with Crippen molar-refractivity contribution in [3.05, 3.63) is 40.2 Å². The molecule has 24 heavy (non-hydrogen) atoms. The number of ether oxygens (including phenoxy) is 1. The topological polar surface area (TPSA) is 68.5 Å². The Morgan fingerprint density at radius 3 is 2.62 bits per heavy atom. The third-order valence-corrected chi connectivity index (χ3v) is 4.65. The number of methoxy groups -OCH3 is 1. The molecule has 0 atom stereocenters. The van der Waals surface area contributed by atoms with Gasteiger partial charge < -0.3 is 19.0 Å². The lowest BCUT2D eigenvalue weighted by Crippen LogP contribution is -2.48. The highest BCUT2D eigenvalue weighted by molar-refractivity contribution is 5.97. The Balaban J connectivity index is 2.18. The first-order valence-electron chi connectivity index (χ1n) is 8.16. The summed E-state index contributed by atoms with van der Waals surface area (Å²) in [6.07, 6.45) is 0. The van der Waals surface area contributed by atoms with Crippen molar-refractivity contribution in [3.8, 4) is 5.75 Å². The van der Waals surface area contributed by atoms with Gasteiger partial charge in [-0.05, 0) is 26.0 Å². The number of likely N-dealkylation sites (N-methyl/N-ethyl adjacent to an activating group) is 1. The van der Waals surface area contributed by atoms with Crippen molar-refractivity contribution in [3.63, 3.8) is 0 Å². The summed E-state index contributed by atoms with van der Waals surface area (Å²) in [4.78, 5) is 24.4. The second kappa shape index (κ2) is 7.49. The van der Waals surface area contributed by atoms with Crippen LogP contribution < -0.4 is 15.7 Å². The van der Waals surface area contributed by atoms with Crippen molar-refractivity contribution >= 4 is 16.9 Å². The number of hydrogen-bond acceptors (Lipinski definition) is 4. The van der Waals surface area contributed by atoms with Gasteiger partial charge >= 0.3 is 5.63 Å². The van der Waals surface area contributed by atoms with E-state index < -0.39 is 11.5 Å². The minimum absolute atomic E-state index is 0.0120. The largest absolute Gasteiger partial charge is 0.493 e. The molecule has 130 valence electrons. The molecule has 1 heterocycles. The monoisotopic (exact) mass is 333 g/mol. The summed E-state index contributed by atoms with van der Waals surface area (Å²) < 4.78 is 11.3. The number of fused-ring (bicyclic) bond motifs is 1. The summed E-state index contributed by atoms with van der Waals surface area (Å²) in [6.45, 7) is 7.54. The van der Waals surface area contributed by atoms with Crippen LogP contribution in [-0.4, -0.2) is 50.7 Å². The zero-order valence-corrected chi connectivity index (χ0v) is 14.7. The van der Waals surface area contributed by atoms with Crippen molar-refractivity contribution < 1.29 is 18.4 Å². The molecular formula is C18H25N2O4+. The Labute approximate surface area is 141 Å². The maximum atomic E-state index is 12.3. The number of nitrogens with zero attached hydrogens (tertiary/aromatic N) is 1. The lowest BCUT2D eigenvalue weighted by atomic mass is 10.1. The Hall–Kier alpha value is -2.34. The maximum absolute atomic E-state index is 12.3. The van der Waals surface area contributed by atoms with Gasteiger partial charge in [0, 0.05) is 5.39 Å². The van der Waals surface area contributed by atoms with Gasteiger partial charge in [-0.25, -0.2) is 4.79 Å². The van der Waals surface area contributed by atoms with Gasteiger partial charge in [0.1, 0.15) is 5.56 Å². The van der Waals surface area contributed by atoms with Crippen LogP contribution in [0, 0.1) is 0 Å². The number of carbonyl (C=O) groups is 1. The molecule has 0 saturated carbocycles. The molecule has 0 aliphatic rings. The molecule has 1 amide bonds. The van der Waals surface area contributed by atoms with Crippen molar-refractivity contribution in [1.29, 1.82) is 0 Å². The second-order valence-corrected chi connectivity index (χ2v) is 6.06. The highest BCUT2D eigenvalue weighted by Crippen LogP contribution is 2.24. The highest BCUT2D eigenvalue weighted by Gasteiger charge is 2.18. The molecular weight excluding hydrogens is 308 g/mol. The number of para-hydroxylation sites is 1. The zero-order valence-electron chi connectivity index (χ0n) is 14.7.